The van der Waals surface area contributed by atoms with Crippen LogP contribution in [0.4, 0.5) is 0 Å². The summed E-state index contributed by atoms with van der Waals surface area (Å²) in [5.74, 6) is 0.761. The van der Waals surface area contributed by atoms with Crippen LogP contribution in [-0.4, -0.2) is 29.2 Å². The van der Waals surface area contributed by atoms with E-state index in [2.05, 4.69) is 10.3 Å². The van der Waals surface area contributed by atoms with Crippen LogP contribution >= 0.6 is 0 Å². The van der Waals surface area contributed by atoms with Gasteiger partial charge in [-0.25, -0.2) is 9.78 Å². The molecule has 1 heterocycles. The van der Waals surface area contributed by atoms with Crippen molar-refractivity contribution < 1.29 is 19.1 Å². The maximum atomic E-state index is 11.0. The minimum atomic E-state index is -0.998. The molecule has 0 spiro atoms. The lowest BCUT2D eigenvalue weighted by Gasteiger charge is -2.12. The van der Waals surface area contributed by atoms with Crippen LogP contribution < -0.4 is 10.1 Å². The van der Waals surface area contributed by atoms with Crippen molar-refractivity contribution in [1.82, 2.24) is 10.3 Å². The van der Waals surface area contributed by atoms with Crippen molar-refractivity contribution in [2.75, 3.05) is 13.2 Å². The Morgan fingerprint density at radius 2 is 2.24 bits per heavy atom. The zero-order chi connectivity index (χ0) is 15.2. The third-order valence-corrected chi connectivity index (χ3v) is 2.94. The van der Waals surface area contributed by atoms with Gasteiger partial charge in [-0.1, -0.05) is 12.1 Å². The number of oxazole rings is 1. The molecule has 1 atom stereocenters. The highest BCUT2D eigenvalue weighted by Crippen LogP contribution is 2.17. The van der Waals surface area contributed by atoms with E-state index < -0.39 is 5.97 Å². The second kappa shape index (κ2) is 6.90. The molecule has 0 fully saturated rings. The standard InChI is InChI=1S/C15H18N2O4/c1-10-9-17-14(21-10)11(2)16-7-8-20-13-6-4-3-5-12(13)15(18)19/h3-6,9,11,16H,7-8H2,1-2H3,(H,18,19). The molecule has 1 aromatic carbocycles. The smallest absolute Gasteiger partial charge is 0.339 e. The molecule has 0 saturated heterocycles. The van der Waals surface area contributed by atoms with Gasteiger partial charge in [-0.3, -0.25) is 0 Å². The van der Waals surface area contributed by atoms with Crippen molar-refractivity contribution in [2.24, 2.45) is 0 Å². The van der Waals surface area contributed by atoms with Crippen LogP contribution in [0.25, 0.3) is 0 Å². The number of carbonyl (C=O) groups is 1. The van der Waals surface area contributed by atoms with E-state index in [9.17, 15) is 4.79 Å². The van der Waals surface area contributed by atoms with Crippen molar-refractivity contribution >= 4 is 5.97 Å². The van der Waals surface area contributed by atoms with Gasteiger partial charge < -0.3 is 19.6 Å². The van der Waals surface area contributed by atoms with E-state index >= 15 is 0 Å². The molecule has 6 heteroatoms. The molecule has 2 aromatic rings. The summed E-state index contributed by atoms with van der Waals surface area (Å²) < 4.78 is 10.9. The van der Waals surface area contributed by atoms with Gasteiger partial charge in [-0.15, -0.1) is 0 Å². The highest BCUT2D eigenvalue weighted by molar-refractivity contribution is 5.90. The van der Waals surface area contributed by atoms with Gasteiger partial charge in [-0.05, 0) is 26.0 Å². The van der Waals surface area contributed by atoms with E-state index in [4.69, 9.17) is 14.3 Å². The molecule has 1 unspecified atom stereocenters. The third kappa shape index (κ3) is 4.06. The number of nitrogens with zero attached hydrogens (tertiary/aromatic N) is 1. The van der Waals surface area contributed by atoms with Gasteiger partial charge >= 0.3 is 5.97 Å². The first kappa shape index (κ1) is 15.1. The Balaban J connectivity index is 1.81. The molecular weight excluding hydrogens is 272 g/mol. The maximum Gasteiger partial charge on any atom is 0.339 e. The number of para-hydroxylation sites is 1. The van der Waals surface area contributed by atoms with Crippen LogP contribution in [-0.2, 0) is 0 Å². The molecule has 21 heavy (non-hydrogen) atoms. The molecular formula is C15H18N2O4. The number of benzene rings is 1. The number of carboxylic acid groups (broad SMARTS) is 1. The van der Waals surface area contributed by atoms with Crippen LogP contribution in [0.1, 0.15) is 35.0 Å². The minimum Gasteiger partial charge on any atom is -0.491 e. The highest BCUT2D eigenvalue weighted by atomic mass is 16.5. The van der Waals surface area contributed by atoms with Crippen molar-refractivity contribution in [3.05, 3.63) is 47.7 Å². The summed E-state index contributed by atoms with van der Waals surface area (Å²) in [7, 11) is 0. The normalized spacial score (nSPS) is 12.1. The number of aryl methyl sites for hydroxylation is 1. The van der Waals surface area contributed by atoms with Crippen molar-refractivity contribution in [3.8, 4) is 5.75 Å². The second-order valence-electron chi connectivity index (χ2n) is 4.63. The number of nitrogens with one attached hydrogen (secondary N) is 1. The van der Waals surface area contributed by atoms with Gasteiger partial charge in [0.1, 0.15) is 23.7 Å². The van der Waals surface area contributed by atoms with E-state index in [1.165, 1.54) is 6.07 Å². The Morgan fingerprint density at radius 1 is 1.48 bits per heavy atom. The average Bonchev–Trinajstić information content (AvgIpc) is 2.90. The van der Waals surface area contributed by atoms with Crippen LogP contribution in [0, 0.1) is 6.92 Å². The van der Waals surface area contributed by atoms with Gasteiger partial charge in [0.15, 0.2) is 0 Å². The highest BCUT2D eigenvalue weighted by Gasteiger charge is 2.12. The van der Waals surface area contributed by atoms with E-state index in [1.807, 2.05) is 13.8 Å². The largest absolute Gasteiger partial charge is 0.491 e. The summed E-state index contributed by atoms with van der Waals surface area (Å²) >= 11 is 0. The monoisotopic (exact) mass is 290 g/mol. The number of ether oxygens (including phenoxy) is 1. The molecule has 0 aliphatic rings. The Labute approximate surface area is 122 Å². The molecule has 2 rings (SSSR count). The van der Waals surface area contributed by atoms with E-state index in [0.717, 1.165) is 5.76 Å². The van der Waals surface area contributed by atoms with Crippen molar-refractivity contribution in [1.29, 1.82) is 0 Å². The Hall–Kier alpha value is -2.34. The quantitative estimate of drug-likeness (QED) is 0.762. The number of aromatic nitrogens is 1. The number of carboxylic acids is 1. The predicted molar refractivity (Wildman–Crippen MR) is 76.6 cm³/mol. The Kier molecular flexibility index (Phi) is 4.94. The molecule has 2 N–H and O–H groups in total. The minimum absolute atomic E-state index is 0.0305. The lowest BCUT2D eigenvalue weighted by molar-refractivity contribution is 0.0692. The first-order chi connectivity index (χ1) is 10.1. The first-order valence-electron chi connectivity index (χ1n) is 6.68. The first-order valence-corrected chi connectivity index (χ1v) is 6.68. The van der Waals surface area contributed by atoms with Gasteiger partial charge in [0, 0.05) is 6.54 Å². The van der Waals surface area contributed by atoms with E-state index in [-0.39, 0.29) is 11.6 Å². The topological polar surface area (TPSA) is 84.6 Å². The van der Waals surface area contributed by atoms with Gasteiger partial charge in [0.2, 0.25) is 5.89 Å². The Morgan fingerprint density at radius 3 is 2.90 bits per heavy atom. The van der Waals surface area contributed by atoms with Gasteiger partial charge in [0.05, 0.1) is 12.2 Å². The molecule has 0 radical (unpaired) electrons. The van der Waals surface area contributed by atoms with Crippen LogP contribution in [0.15, 0.2) is 34.9 Å². The summed E-state index contributed by atoms with van der Waals surface area (Å²) in [6.45, 7) is 4.69. The lowest BCUT2D eigenvalue weighted by atomic mass is 10.2. The van der Waals surface area contributed by atoms with E-state index in [0.29, 0.717) is 24.8 Å². The molecule has 1 aromatic heterocycles. The summed E-state index contributed by atoms with van der Waals surface area (Å²) in [5, 5.41) is 12.2. The molecule has 0 amide bonds. The van der Waals surface area contributed by atoms with Crippen molar-refractivity contribution in [2.45, 2.75) is 19.9 Å². The number of hydrogen-bond donors (Lipinski definition) is 2. The summed E-state index contributed by atoms with van der Waals surface area (Å²) in [6.07, 6.45) is 1.67. The van der Waals surface area contributed by atoms with E-state index in [1.54, 1.807) is 24.4 Å². The zero-order valence-corrected chi connectivity index (χ0v) is 12.0. The summed E-state index contributed by atoms with van der Waals surface area (Å²) in [4.78, 5) is 15.2. The summed E-state index contributed by atoms with van der Waals surface area (Å²) in [5.41, 5.74) is 0.161. The van der Waals surface area contributed by atoms with Gasteiger partial charge in [0.25, 0.3) is 0 Å². The fourth-order valence-corrected chi connectivity index (χ4v) is 1.87. The average molecular weight is 290 g/mol. The molecule has 0 aliphatic carbocycles. The second-order valence-corrected chi connectivity index (χ2v) is 4.63. The van der Waals surface area contributed by atoms with Gasteiger partial charge in [-0.2, -0.15) is 0 Å². The van der Waals surface area contributed by atoms with Crippen molar-refractivity contribution in [3.63, 3.8) is 0 Å². The Bertz CT molecular complexity index is 609. The fourth-order valence-electron chi connectivity index (χ4n) is 1.87. The molecule has 0 aliphatic heterocycles. The molecule has 112 valence electrons. The zero-order valence-electron chi connectivity index (χ0n) is 12.0. The number of rotatable bonds is 7. The number of hydrogen-bond acceptors (Lipinski definition) is 5. The fraction of sp³-hybridized carbons (Fsp3) is 0.333. The maximum absolute atomic E-state index is 11.0. The molecule has 0 saturated carbocycles. The van der Waals surface area contributed by atoms with Crippen LogP contribution in [0.5, 0.6) is 5.75 Å². The lowest BCUT2D eigenvalue weighted by Crippen LogP contribution is -2.24. The number of aromatic carboxylic acids is 1. The summed E-state index contributed by atoms with van der Waals surface area (Å²) in [6, 6.07) is 6.54. The van der Waals surface area contributed by atoms with Crippen LogP contribution in [0.3, 0.4) is 0 Å². The van der Waals surface area contributed by atoms with Crippen LogP contribution in [0.2, 0.25) is 0 Å². The molecule has 6 nitrogen and oxygen atoms in total. The SMILES string of the molecule is Cc1cnc(C(C)NCCOc2ccccc2C(=O)O)o1. The third-order valence-electron chi connectivity index (χ3n) is 2.94. The molecule has 0 bridgehead atoms. The predicted octanol–water partition coefficient (Wildman–Crippen LogP) is 2.41.